The van der Waals surface area contributed by atoms with Gasteiger partial charge in [-0.25, -0.2) is 4.79 Å². The Morgan fingerprint density at radius 1 is 1.28 bits per heavy atom. The van der Waals surface area contributed by atoms with Gasteiger partial charge in [-0.3, -0.25) is 0 Å². The normalized spacial score (nSPS) is 35.6. The van der Waals surface area contributed by atoms with Gasteiger partial charge in [0.15, 0.2) is 6.04 Å². The minimum absolute atomic E-state index is 0.0374. The van der Waals surface area contributed by atoms with Crippen LogP contribution in [0.3, 0.4) is 0 Å². The van der Waals surface area contributed by atoms with Gasteiger partial charge in [0.25, 0.3) is 0 Å². The van der Waals surface area contributed by atoms with E-state index >= 15 is 0 Å². The first-order chi connectivity index (χ1) is 8.30. The standard InChI is InChI=1S/C14H28N2O2/c1-15(2,3)9-10-18-14(17)13-11-12-5-7-16(13,4)8-6-12/h12-13H,5-11H2,1-4H3/q+2. The Morgan fingerprint density at radius 3 is 2.39 bits per heavy atom. The third-order valence-corrected chi connectivity index (χ3v) is 4.68. The first kappa shape index (κ1) is 13.8. The van der Waals surface area contributed by atoms with Crippen LogP contribution in [-0.4, -0.2) is 75.4 Å². The monoisotopic (exact) mass is 256 g/mol. The summed E-state index contributed by atoms with van der Waals surface area (Å²) in [5, 5.41) is 0. The van der Waals surface area contributed by atoms with E-state index in [2.05, 4.69) is 28.2 Å². The number of fused-ring (bicyclic) bond motifs is 3. The van der Waals surface area contributed by atoms with Crippen LogP contribution in [0.25, 0.3) is 0 Å². The van der Waals surface area contributed by atoms with Crippen LogP contribution in [-0.2, 0) is 9.53 Å². The molecule has 0 N–H and O–H groups in total. The molecule has 3 saturated heterocycles. The van der Waals surface area contributed by atoms with E-state index in [0.29, 0.717) is 6.61 Å². The lowest BCUT2D eigenvalue weighted by molar-refractivity contribution is -0.940. The third-order valence-electron chi connectivity index (χ3n) is 4.68. The molecule has 3 aliphatic rings. The SMILES string of the molecule is C[N+](C)(C)CCOC(=O)C1CC2CC[N+]1(C)CC2. The fourth-order valence-corrected chi connectivity index (χ4v) is 3.20. The van der Waals surface area contributed by atoms with Gasteiger partial charge in [-0.2, -0.15) is 0 Å². The van der Waals surface area contributed by atoms with Gasteiger partial charge in [0.1, 0.15) is 13.2 Å². The minimum Gasteiger partial charge on any atom is -0.455 e. The number of likely N-dealkylation sites (N-methyl/N-ethyl adjacent to an activating group) is 2. The van der Waals surface area contributed by atoms with Gasteiger partial charge < -0.3 is 13.7 Å². The Balaban J connectivity index is 1.86. The van der Waals surface area contributed by atoms with Gasteiger partial charge in [0, 0.05) is 6.42 Å². The summed E-state index contributed by atoms with van der Waals surface area (Å²) in [5.74, 6) is 0.802. The molecule has 0 spiro atoms. The first-order valence-electron chi connectivity index (χ1n) is 7.11. The molecule has 4 heteroatoms. The maximum Gasteiger partial charge on any atom is 0.365 e. The van der Waals surface area contributed by atoms with Crippen LogP contribution in [0.5, 0.6) is 0 Å². The molecule has 104 valence electrons. The molecule has 18 heavy (non-hydrogen) atoms. The highest BCUT2D eigenvalue weighted by atomic mass is 16.5. The Kier molecular flexibility index (Phi) is 3.70. The highest BCUT2D eigenvalue weighted by Gasteiger charge is 2.48. The van der Waals surface area contributed by atoms with Crippen LogP contribution in [0.1, 0.15) is 19.3 Å². The topological polar surface area (TPSA) is 26.3 Å². The number of hydrogen-bond donors (Lipinski definition) is 0. The van der Waals surface area contributed by atoms with Crippen molar-refractivity contribution in [2.75, 3.05) is 54.4 Å². The van der Waals surface area contributed by atoms with Gasteiger partial charge in [0.05, 0.1) is 41.3 Å². The molecule has 0 aromatic heterocycles. The maximum absolute atomic E-state index is 12.2. The third kappa shape index (κ3) is 3.04. The zero-order chi connectivity index (χ0) is 13.4. The summed E-state index contributed by atoms with van der Waals surface area (Å²) in [6.45, 7) is 3.73. The average Bonchev–Trinajstić information content (AvgIpc) is 2.27. The molecule has 0 amide bonds. The second-order valence-corrected chi connectivity index (χ2v) is 7.30. The molecule has 0 saturated carbocycles. The molecule has 0 aliphatic carbocycles. The Labute approximate surface area is 111 Å². The Bertz CT molecular complexity index is 314. The zero-order valence-electron chi connectivity index (χ0n) is 12.3. The molecule has 1 atom stereocenters. The maximum atomic E-state index is 12.2. The van der Waals surface area contributed by atoms with Crippen molar-refractivity contribution in [3.63, 3.8) is 0 Å². The van der Waals surface area contributed by atoms with Crippen molar-refractivity contribution in [1.29, 1.82) is 0 Å². The molecule has 4 nitrogen and oxygen atoms in total. The number of carbonyl (C=O) groups excluding carboxylic acids is 1. The number of quaternary nitrogens is 2. The molecule has 2 bridgehead atoms. The van der Waals surface area contributed by atoms with Crippen molar-refractivity contribution in [2.24, 2.45) is 5.92 Å². The van der Waals surface area contributed by atoms with Crippen molar-refractivity contribution >= 4 is 5.97 Å². The van der Waals surface area contributed by atoms with Gasteiger partial charge >= 0.3 is 5.97 Å². The van der Waals surface area contributed by atoms with Crippen molar-refractivity contribution in [1.82, 2.24) is 0 Å². The number of hydrogen-bond acceptors (Lipinski definition) is 2. The molecule has 3 heterocycles. The smallest absolute Gasteiger partial charge is 0.365 e. The number of nitrogens with zero attached hydrogens (tertiary/aromatic N) is 2. The lowest BCUT2D eigenvalue weighted by Gasteiger charge is -2.50. The van der Waals surface area contributed by atoms with Crippen LogP contribution in [0.4, 0.5) is 0 Å². The second-order valence-electron chi connectivity index (χ2n) is 7.30. The molecule has 3 aliphatic heterocycles. The Hall–Kier alpha value is -0.610. The number of carbonyl (C=O) groups is 1. The molecular weight excluding hydrogens is 228 g/mol. The van der Waals surface area contributed by atoms with Gasteiger partial charge in [-0.15, -0.1) is 0 Å². The van der Waals surface area contributed by atoms with Crippen LogP contribution in [0.15, 0.2) is 0 Å². The van der Waals surface area contributed by atoms with Gasteiger partial charge in [-0.1, -0.05) is 0 Å². The van der Waals surface area contributed by atoms with Crippen LogP contribution in [0, 0.1) is 5.92 Å². The number of esters is 1. The van der Waals surface area contributed by atoms with Crippen molar-refractivity contribution in [3.8, 4) is 0 Å². The van der Waals surface area contributed by atoms with E-state index in [1.165, 1.54) is 12.8 Å². The molecule has 0 radical (unpaired) electrons. The van der Waals surface area contributed by atoms with E-state index in [1.54, 1.807) is 0 Å². The van der Waals surface area contributed by atoms with Crippen molar-refractivity contribution in [3.05, 3.63) is 0 Å². The Morgan fingerprint density at radius 2 is 1.89 bits per heavy atom. The first-order valence-corrected chi connectivity index (χ1v) is 7.11. The summed E-state index contributed by atoms with van der Waals surface area (Å²) in [4.78, 5) is 12.2. The summed E-state index contributed by atoms with van der Waals surface area (Å²) in [6, 6.07) is 0.102. The van der Waals surface area contributed by atoms with Gasteiger partial charge in [0.2, 0.25) is 0 Å². The molecule has 3 fully saturated rings. The summed E-state index contributed by atoms with van der Waals surface area (Å²) in [5.41, 5.74) is 0. The summed E-state index contributed by atoms with van der Waals surface area (Å²) in [6.07, 6.45) is 3.62. The predicted octanol–water partition coefficient (Wildman–Crippen LogP) is 0.865. The zero-order valence-corrected chi connectivity index (χ0v) is 12.3. The molecule has 1 unspecified atom stereocenters. The number of rotatable bonds is 4. The largest absolute Gasteiger partial charge is 0.455 e. The van der Waals surface area contributed by atoms with E-state index in [1.807, 2.05) is 0 Å². The highest BCUT2D eigenvalue weighted by Crippen LogP contribution is 2.37. The minimum atomic E-state index is 0.0374. The molecule has 0 aromatic carbocycles. The van der Waals surface area contributed by atoms with Gasteiger partial charge in [-0.05, 0) is 18.8 Å². The molecule has 3 rings (SSSR count). The highest BCUT2D eigenvalue weighted by molar-refractivity contribution is 5.74. The van der Waals surface area contributed by atoms with Crippen molar-refractivity contribution in [2.45, 2.75) is 25.3 Å². The predicted molar refractivity (Wildman–Crippen MR) is 70.9 cm³/mol. The molecular formula is C14H28N2O2+2. The van der Waals surface area contributed by atoms with Crippen molar-refractivity contribution < 1.29 is 18.5 Å². The number of piperidine rings is 3. The lowest BCUT2D eigenvalue weighted by Crippen LogP contribution is -2.64. The van der Waals surface area contributed by atoms with E-state index in [9.17, 15) is 4.79 Å². The summed E-state index contributed by atoms with van der Waals surface area (Å²) < 4.78 is 7.26. The second kappa shape index (κ2) is 4.82. The summed E-state index contributed by atoms with van der Waals surface area (Å²) >= 11 is 0. The fraction of sp³-hybridized carbons (Fsp3) is 0.929. The average molecular weight is 256 g/mol. The van der Waals surface area contributed by atoms with E-state index < -0.39 is 0 Å². The fourth-order valence-electron chi connectivity index (χ4n) is 3.20. The van der Waals surface area contributed by atoms with E-state index in [0.717, 1.165) is 40.9 Å². The van der Waals surface area contributed by atoms with E-state index in [4.69, 9.17) is 4.74 Å². The van der Waals surface area contributed by atoms with Crippen LogP contribution >= 0.6 is 0 Å². The number of ether oxygens (including phenoxy) is 1. The van der Waals surface area contributed by atoms with E-state index in [-0.39, 0.29) is 12.0 Å². The molecule has 0 aromatic rings. The van der Waals surface area contributed by atoms with Crippen LogP contribution < -0.4 is 0 Å². The summed E-state index contributed by atoms with van der Waals surface area (Å²) in [7, 11) is 8.58. The van der Waals surface area contributed by atoms with Crippen LogP contribution in [0.2, 0.25) is 0 Å². The lowest BCUT2D eigenvalue weighted by atomic mass is 9.81. The quantitative estimate of drug-likeness (QED) is 0.551.